The predicted molar refractivity (Wildman–Crippen MR) is 82.2 cm³/mol. The highest BCUT2D eigenvalue weighted by Crippen LogP contribution is 2.45. The van der Waals surface area contributed by atoms with Gasteiger partial charge in [-0.3, -0.25) is 4.90 Å². The van der Waals surface area contributed by atoms with Gasteiger partial charge in [-0.25, -0.2) is 4.39 Å². The van der Waals surface area contributed by atoms with Crippen LogP contribution in [-0.2, 0) is 0 Å². The molecule has 0 amide bonds. The minimum Gasteiger partial charge on any atom is -0.505 e. The minimum absolute atomic E-state index is 0.0257. The molecule has 0 unspecified atom stereocenters. The first-order valence-corrected chi connectivity index (χ1v) is 8.18. The van der Waals surface area contributed by atoms with Crippen LogP contribution in [0.15, 0.2) is 12.1 Å². The Balaban J connectivity index is 1.99. The minimum atomic E-state index is -0.576. The smallest absolute Gasteiger partial charge is 0.165 e. The second-order valence-corrected chi connectivity index (χ2v) is 6.47. The van der Waals surface area contributed by atoms with E-state index in [1.54, 1.807) is 6.07 Å². The molecule has 1 saturated heterocycles. The van der Waals surface area contributed by atoms with E-state index in [1.165, 1.54) is 18.9 Å². The molecule has 1 atom stereocenters. The number of rotatable bonds is 3. The summed E-state index contributed by atoms with van der Waals surface area (Å²) >= 11 is 6.32. The quantitative estimate of drug-likeness (QED) is 0.898. The van der Waals surface area contributed by atoms with Crippen molar-refractivity contribution in [3.63, 3.8) is 0 Å². The molecule has 1 aliphatic carbocycles. The molecule has 2 N–H and O–H groups in total. The summed E-state index contributed by atoms with van der Waals surface area (Å²) in [4.78, 5) is 2.35. The number of hydrogen-bond donors (Lipinski definition) is 2. The topological polar surface area (TPSA) is 35.5 Å². The summed E-state index contributed by atoms with van der Waals surface area (Å²) in [5, 5.41) is 14.1. The van der Waals surface area contributed by atoms with Crippen molar-refractivity contribution in [2.45, 2.75) is 31.7 Å². The summed E-state index contributed by atoms with van der Waals surface area (Å²) in [5.41, 5.74) is 0.588. The molecule has 1 aromatic rings. The van der Waals surface area contributed by atoms with Crippen LogP contribution < -0.4 is 5.32 Å². The molecule has 2 fully saturated rings. The highest BCUT2D eigenvalue weighted by Gasteiger charge is 2.35. The summed E-state index contributed by atoms with van der Waals surface area (Å²) in [5.74, 6) is -0.390. The number of benzene rings is 1. The van der Waals surface area contributed by atoms with Crippen LogP contribution in [0, 0.1) is 11.7 Å². The standard InChI is InChI=1S/C16H22ClFN2O/c17-12-5-6-13(18)16(21)14(12)15(11-3-1-2-4-11)20-9-7-19-8-10-20/h5-6,11,15,19,21H,1-4,7-10H2/t15-/m1/s1. The van der Waals surface area contributed by atoms with Crippen molar-refractivity contribution in [2.24, 2.45) is 5.92 Å². The van der Waals surface area contributed by atoms with Crippen molar-refractivity contribution < 1.29 is 9.50 Å². The van der Waals surface area contributed by atoms with Crippen molar-refractivity contribution in [3.05, 3.63) is 28.5 Å². The number of halogens is 2. The van der Waals surface area contributed by atoms with Crippen molar-refractivity contribution in [2.75, 3.05) is 26.2 Å². The molecule has 21 heavy (non-hydrogen) atoms. The van der Waals surface area contributed by atoms with Gasteiger partial charge < -0.3 is 10.4 Å². The van der Waals surface area contributed by atoms with E-state index in [4.69, 9.17) is 11.6 Å². The van der Waals surface area contributed by atoms with Gasteiger partial charge in [0, 0.05) is 42.8 Å². The molecular formula is C16H22ClFN2O. The van der Waals surface area contributed by atoms with E-state index < -0.39 is 5.82 Å². The Kier molecular flexibility index (Phi) is 4.67. The van der Waals surface area contributed by atoms with Gasteiger partial charge in [0.05, 0.1) is 0 Å². The normalized spacial score (nSPS) is 22.6. The zero-order valence-corrected chi connectivity index (χ0v) is 12.9. The van der Waals surface area contributed by atoms with E-state index in [0.29, 0.717) is 16.5 Å². The molecule has 116 valence electrons. The second-order valence-electron chi connectivity index (χ2n) is 6.07. The zero-order valence-electron chi connectivity index (χ0n) is 12.1. The van der Waals surface area contributed by atoms with Crippen molar-refractivity contribution in [1.82, 2.24) is 10.2 Å². The van der Waals surface area contributed by atoms with Gasteiger partial charge in [0.2, 0.25) is 0 Å². The van der Waals surface area contributed by atoms with Crippen molar-refractivity contribution >= 4 is 11.6 Å². The lowest BCUT2D eigenvalue weighted by molar-refractivity contribution is 0.123. The number of phenols is 1. The van der Waals surface area contributed by atoms with Gasteiger partial charge in [-0.15, -0.1) is 0 Å². The van der Waals surface area contributed by atoms with Gasteiger partial charge in [-0.1, -0.05) is 24.4 Å². The fourth-order valence-corrected chi connectivity index (χ4v) is 4.05. The maximum absolute atomic E-state index is 13.8. The fourth-order valence-electron chi connectivity index (χ4n) is 3.79. The maximum atomic E-state index is 13.8. The van der Waals surface area contributed by atoms with E-state index in [0.717, 1.165) is 39.0 Å². The molecule has 1 aliphatic heterocycles. The first kappa shape index (κ1) is 15.1. The first-order chi connectivity index (χ1) is 10.2. The largest absolute Gasteiger partial charge is 0.505 e. The average molecular weight is 313 g/mol. The van der Waals surface area contributed by atoms with Crippen LogP contribution in [0.5, 0.6) is 5.75 Å². The SMILES string of the molecule is Oc1c(F)ccc(Cl)c1[C@@H](C1CCCC1)N1CCNCC1. The van der Waals surface area contributed by atoms with Crippen LogP contribution in [0.1, 0.15) is 37.3 Å². The van der Waals surface area contributed by atoms with E-state index in [1.807, 2.05) is 0 Å². The molecule has 3 nitrogen and oxygen atoms in total. The highest BCUT2D eigenvalue weighted by atomic mass is 35.5. The van der Waals surface area contributed by atoms with Crippen molar-refractivity contribution in [1.29, 1.82) is 0 Å². The summed E-state index contributed by atoms with van der Waals surface area (Å²) in [6, 6.07) is 2.83. The number of phenolic OH excluding ortho intramolecular Hbond substituents is 1. The number of nitrogens with zero attached hydrogens (tertiary/aromatic N) is 1. The lowest BCUT2D eigenvalue weighted by Gasteiger charge is -2.39. The number of hydrogen-bond acceptors (Lipinski definition) is 3. The van der Waals surface area contributed by atoms with Crippen LogP contribution in [0.4, 0.5) is 4.39 Å². The zero-order chi connectivity index (χ0) is 14.8. The number of piperazine rings is 1. The average Bonchev–Trinajstić information content (AvgIpc) is 3.02. The van der Waals surface area contributed by atoms with E-state index >= 15 is 0 Å². The van der Waals surface area contributed by atoms with Crippen LogP contribution >= 0.6 is 11.6 Å². The molecule has 1 aromatic carbocycles. The third-order valence-corrected chi connectivity index (χ3v) is 5.13. The van der Waals surface area contributed by atoms with Crippen LogP contribution in [0.3, 0.4) is 0 Å². The lowest BCUT2D eigenvalue weighted by atomic mass is 9.89. The predicted octanol–water partition coefficient (Wildman–Crippen LogP) is 3.32. The monoisotopic (exact) mass is 312 g/mol. The van der Waals surface area contributed by atoms with Crippen LogP contribution in [0.25, 0.3) is 0 Å². The molecule has 5 heteroatoms. The second kappa shape index (κ2) is 6.51. The van der Waals surface area contributed by atoms with Crippen molar-refractivity contribution in [3.8, 4) is 5.75 Å². The van der Waals surface area contributed by atoms with Gasteiger partial charge >= 0.3 is 0 Å². The first-order valence-electron chi connectivity index (χ1n) is 7.80. The summed E-state index contributed by atoms with van der Waals surface area (Å²) in [7, 11) is 0. The van der Waals surface area contributed by atoms with E-state index in [-0.39, 0.29) is 11.8 Å². The molecule has 0 aromatic heterocycles. The highest BCUT2D eigenvalue weighted by molar-refractivity contribution is 6.31. The molecule has 2 aliphatic rings. The Morgan fingerprint density at radius 2 is 1.90 bits per heavy atom. The van der Waals surface area contributed by atoms with Gasteiger partial charge in [0.1, 0.15) is 0 Å². The molecule has 0 radical (unpaired) electrons. The molecule has 1 heterocycles. The Bertz CT molecular complexity index is 499. The molecule has 1 saturated carbocycles. The Hall–Kier alpha value is -0.840. The number of nitrogens with one attached hydrogen (secondary N) is 1. The van der Waals surface area contributed by atoms with E-state index in [2.05, 4.69) is 10.2 Å². The molecule has 3 rings (SSSR count). The third-order valence-electron chi connectivity index (χ3n) is 4.80. The Labute approximate surface area is 130 Å². The molecule has 0 spiro atoms. The molecule has 0 bridgehead atoms. The fraction of sp³-hybridized carbons (Fsp3) is 0.625. The summed E-state index contributed by atoms with van der Waals surface area (Å²) in [6.07, 6.45) is 4.67. The number of aromatic hydroxyl groups is 1. The van der Waals surface area contributed by atoms with E-state index in [9.17, 15) is 9.50 Å². The van der Waals surface area contributed by atoms with Crippen LogP contribution in [-0.4, -0.2) is 36.2 Å². The summed E-state index contributed by atoms with van der Waals surface area (Å²) < 4.78 is 13.8. The summed E-state index contributed by atoms with van der Waals surface area (Å²) in [6.45, 7) is 3.68. The molecular weight excluding hydrogens is 291 g/mol. The lowest BCUT2D eigenvalue weighted by Crippen LogP contribution is -2.46. The van der Waals surface area contributed by atoms with Crippen LogP contribution in [0.2, 0.25) is 5.02 Å². The third kappa shape index (κ3) is 3.03. The van der Waals surface area contributed by atoms with Gasteiger partial charge in [-0.2, -0.15) is 0 Å². The van der Waals surface area contributed by atoms with Gasteiger partial charge in [0.15, 0.2) is 11.6 Å². The maximum Gasteiger partial charge on any atom is 0.165 e. The van der Waals surface area contributed by atoms with Gasteiger partial charge in [-0.05, 0) is 30.9 Å². The Morgan fingerprint density at radius 1 is 1.24 bits per heavy atom. The van der Waals surface area contributed by atoms with Gasteiger partial charge in [0.25, 0.3) is 0 Å². The Morgan fingerprint density at radius 3 is 2.57 bits per heavy atom.